The Labute approximate surface area is 138 Å². The minimum Gasteiger partial charge on any atom is -0.488 e. The van der Waals surface area contributed by atoms with Crippen molar-refractivity contribution in [3.63, 3.8) is 0 Å². The van der Waals surface area contributed by atoms with Gasteiger partial charge in [-0.3, -0.25) is 0 Å². The molecule has 0 aliphatic carbocycles. The van der Waals surface area contributed by atoms with Gasteiger partial charge in [0.2, 0.25) is 6.21 Å². The van der Waals surface area contributed by atoms with Gasteiger partial charge in [0.1, 0.15) is 12.4 Å². The Kier molecular flexibility index (Phi) is 5.63. The van der Waals surface area contributed by atoms with E-state index in [-0.39, 0.29) is 5.96 Å². The van der Waals surface area contributed by atoms with Crippen molar-refractivity contribution in [3.8, 4) is 5.75 Å². The molecule has 22 heavy (non-hydrogen) atoms. The molecule has 0 saturated carbocycles. The van der Waals surface area contributed by atoms with Crippen molar-refractivity contribution in [1.29, 1.82) is 0 Å². The van der Waals surface area contributed by atoms with Crippen molar-refractivity contribution < 1.29 is 9.84 Å². The number of hydrogen-bond donors (Lipinski definition) is 3. The topological polar surface area (TPSA) is 87.6 Å². The Morgan fingerprint density at radius 2 is 1.95 bits per heavy atom. The predicted octanol–water partition coefficient (Wildman–Crippen LogP) is 1.26. The van der Waals surface area contributed by atoms with E-state index in [1.54, 1.807) is 18.3 Å². The van der Waals surface area contributed by atoms with Gasteiger partial charge < -0.3 is 16.2 Å². The summed E-state index contributed by atoms with van der Waals surface area (Å²) in [7, 11) is 0. The number of ether oxygens (including phenoxy) is 1. The molecule has 0 aliphatic heterocycles. The number of benzene rings is 2. The van der Waals surface area contributed by atoms with Gasteiger partial charge in [0.05, 0.1) is 5.56 Å². The summed E-state index contributed by atoms with van der Waals surface area (Å²) in [6, 6.07) is 12.7. The number of rotatable bonds is 5. The molecule has 0 aromatic heterocycles. The summed E-state index contributed by atoms with van der Waals surface area (Å²) in [5.41, 5.74) is 12.1. The molecule has 2 aromatic carbocycles. The fourth-order valence-corrected chi connectivity index (χ4v) is 2.16. The van der Waals surface area contributed by atoms with Crippen LogP contribution in [0.2, 0.25) is 10.0 Å². The zero-order valence-electron chi connectivity index (χ0n) is 11.6. The molecule has 2 aromatic rings. The highest BCUT2D eigenvalue weighted by Crippen LogP contribution is 2.23. The van der Waals surface area contributed by atoms with E-state index in [0.29, 0.717) is 22.4 Å². The molecule has 0 aliphatic rings. The minimum atomic E-state index is -0.0532. The van der Waals surface area contributed by atoms with Crippen LogP contribution in [0.1, 0.15) is 11.1 Å². The summed E-state index contributed by atoms with van der Waals surface area (Å²) in [6.45, 7) is 0.323. The van der Waals surface area contributed by atoms with E-state index < -0.39 is 0 Å². The van der Waals surface area contributed by atoms with Gasteiger partial charge in [-0.1, -0.05) is 41.4 Å². The lowest BCUT2D eigenvalue weighted by atomic mass is 10.2. The van der Waals surface area contributed by atoms with Crippen molar-refractivity contribution >= 4 is 35.4 Å². The minimum absolute atomic E-state index is 0.0532. The molecule has 0 spiro atoms. The lowest BCUT2D eigenvalue weighted by Gasteiger charge is -2.09. The van der Waals surface area contributed by atoms with Crippen LogP contribution in [0.5, 0.6) is 5.75 Å². The van der Waals surface area contributed by atoms with Crippen LogP contribution in [0.3, 0.4) is 0 Å². The Morgan fingerprint density at radius 1 is 1.18 bits per heavy atom. The van der Waals surface area contributed by atoms with Crippen LogP contribution in [0.15, 0.2) is 47.6 Å². The van der Waals surface area contributed by atoms with Crippen LogP contribution in [-0.4, -0.2) is 12.2 Å². The Bertz CT molecular complexity index is 712. The second kappa shape index (κ2) is 7.68. The summed E-state index contributed by atoms with van der Waals surface area (Å²) in [6.07, 6.45) is 1.64. The molecular weight excluding hydrogens is 323 g/mol. The van der Waals surface area contributed by atoms with Crippen molar-refractivity contribution in [2.24, 2.45) is 16.6 Å². The highest BCUT2D eigenvalue weighted by molar-refractivity contribution is 6.35. The molecule has 5 nitrogen and oxygen atoms in total. The molecule has 7 heteroatoms. The average Bonchev–Trinajstić information content (AvgIpc) is 2.47. The maximum atomic E-state index is 6.12. The number of nitrogens with one attached hydrogen (secondary N) is 1. The van der Waals surface area contributed by atoms with Crippen LogP contribution in [0.25, 0.3) is 0 Å². The number of nitrogens with zero attached hydrogens (tertiary/aromatic N) is 1. The van der Waals surface area contributed by atoms with Gasteiger partial charge in [-0.05, 0) is 24.3 Å². The summed E-state index contributed by atoms with van der Waals surface area (Å²) in [5.74, 6) is 0.620. The van der Waals surface area contributed by atoms with E-state index >= 15 is 0 Å². The van der Waals surface area contributed by atoms with Gasteiger partial charge in [-0.15, -0.1) is 5.10 Å². The van der Waals surface area contributed by atoms with E-state index in [0.717, 1.165) is 11.1 Å². The highest BCUT2D eigenvalue weighted by atomic mass is 35.5. The molecule has 0 bridgehead atoms. The molecule has 0 amide bonds. The van der Waals surface area contributed by atoms with Gasteiger partial charge in [0.15, 0.2) is 0 Å². The Balaban J connectivity index is 2.13. The molecule has 0 unspecified atom stereocenters. The molecule has 5 N–H and O–H groups in total. The molecule has 0 atom stereocenters. The maximum Gasteiger partial charge on any atom is 0.256 e. The van der Waals surface area contributed by atoms with Crippen molar-refractivity contribution in [2.75, 3.05) is 0 Å². The monoisotopic (exact) mass is 337 g/mol. The normalized spacial score (nSPS) is 10.6. The quantitative estimate of drug-likeness (QED) is 0.436. The first-order valence-electron chi connectivity index (χ1n) is 6.39. The number of para-hydroxylation sites is 1. The predicted molar refractivity (Wildman–Crippen MR) is 89.2 cm³/mol. The number of hydrazone groups is 1. The number of nitrogens with two attached hydrogens (primary N) is 2. The van der Waals surface area contributed by atoms with E-state index in [1.165, 1.54) is 0 Å². The third-order valence-electron chi connectivity index (χ3n) is 2.73. The number of hydrogen-bond acceptors (Lipinski definition) is 2. The fraction of sp³-hybridized carbons (Fsp3) is 0.0667. The first kappa shape index (κ1) is 16.1. The van der Waals surface area contributed by atoms with Crippen molar-refractivity contribution in [1.82, 2.24) is 0 Å². The first-order chi connectivity index (χ1) is 10.6. The highest BCUT2D eigenvalue weighted by Gasteiger charge is 2.06. The second-order valence-electron chi connectivity index (χ2n) is 4.37. The van der Waals surface area contributed by atoms with Crippen molar-refractivity contribution in [3.05, 3.63) is 63.6 Å². The smallest absolute Gasteiger partial charge is 0.256 e. The summed E-state index contributed by atoms with van der Waals surface area (Å²) in [4.78, 5) is 0. The third kappa shape index (κ3) is 4.65. The zero-order chi connectivity index (χ0) is 15.9. The zero-order valence-corrected chi connectivity index (χ0v) is 13.1. The Morgan fingerprint density at radius 3 is 2.68 bits per heavy atom. The van der Waals surface area contributed by atoms with Crippen LogP contribution in [-0.2, 0) is 6.61 Å². The van der Waals surface area contributed by atoms with Crippen LogP contribution in [0.4, 0.5) is 0 Å². The third-order valence-corrected chi connectivity index (χ3v) is 3.32. The van der Waals surface area contributed by atoms with Gasteiger partial charge in [-0.25, -0.2) is 0 Å². The van der Waals surface area contributed by atoms with Gasteiger partial charge >= 0.3 is 0 Å². The van der Waals surface area contributed by atoms with Crippen molar-refractivity contribution in [2.45, 2.75) is 6.61 Å². The summed E-state index contributed by atoms with van der Waals surface area (Å²) < 4.78 is 5.79. The molecule has 0 fully saturated rings. The van der Waals surface area contributed by atoms with Crippen LogP contribution in [0, 0.1) is 0 Å². The number of guanidine groups is 1. The summed E-state index contributed by atoms with van der Waals surface area (Å²) in [5, 5.41) is 7.48. The molecule has 0 heterocycles. The first-order valence-corrected chi connectivity index (χ1v) is 7.15. The standard InChI is InChI=1S/C15H14Cl2N4O/c16-12-6-5-11(13(17)7-12)9-22-14-4-2-1-3-10(14)8-20-21-15(18)19/h1-8H,9H2,(H4,18,19,21)/p+1/b20-8-. The largest absolute Gasteiger partial charge is 0.488 e. The fourth-order valence-electron chi connectivity index (χ4n) is 1.70. The molecule has 114 valence electrons. The molecule has 2 rings (SSSR count). The van der Waals surface area contributed by atoms with E-state index in [9.17, 15) is 0 Å². The van der Waals surface area contributed by atoms with E-state index in [2.05, 4.69) is 10.2 Å². The van der Waals surface area contributed by atoms with Gasteiger partial charge in [-0.2, -0.15) is 0 Å². The number of halogens is 2. The SMILES string of the molecule is NC(N)=N/[NH+]=C\c1ccccc1OCc1ccc(Cl)cc1Cl. The van der Waals surface area contributed by atoms with E-state index in [1.807, 2.05) is 30.3 Å². The molecule has 0 saturated heterocycles. The molecular formula is C15H15Cl2N4O+. The van der Waals surface area contributed by atoms with E-state index in [4.69, 9.17) is 39.4 Å². The lowest BCUT2D eigenvalue weighted by molar-refractivity contribution is -0.456. The van der Waals surface area contributed by atoms with Crippen LogP contribution >= 0.6 is 23.2 Å². The average molecular weight is 338 g/mol. The van der Waals surface area contributed by atoms with Gasteiger partial charge in [0.25, 0.3) is 5.96 Å². The van der Waals surface area contributed by atoms with Crippen LogP contribution < -0.4 is 21.3 Å². The molecule has 0 radical (unpaired) electrons. The maximum absolute atomic E-state index is 6.12. The Hall–Kier alpha value is -2.24. The van der Waals surface area contributed by atoms with Gasteiger partial charge in [0, 0.05) is 20.7 Å². The summed E-state index contributed by atoms with van der Waals surface area (Å²) >= 11 is 12.0. The lowest BCUT2D eigenvalue weighted by Crippen LogP contribution is -2.63. The second-order valence-corrected chi connectivity index (χ2v) is 5.22.